The van der Waals surface area contributed by atoms with Crippen LogP contribution in [0.4, 0.5) is 0 Å². The Labute approximate surface area is 151 Å². The van der Waals surface area contributed by atoms with Crippen molar-refractivity contribution in [2.24, 2.45) is 0 Å². The zero-order valence-corrected chi connectivity index (χ0v) is 13.9. The van der Waals surface area contributed by atoms with Crippen molar-refractivity contribution in [1.29, 1.82) is 0 Å². The third kappa shape index (κ3) is 2.55. The average molecular weight is 371 g/mol. The van der Waals surface area contributed by atoms with Crippen molar-refractivity contribution in [2.45, 2.75) is 12.3 Å². The van der Waals surface area contributed by atoms with Crippen LogP contribution in [0.5, 0.6) is 5.75 Å². The molecule has 3 aromatic rings. The van der Waals surface area contributed by atoms with Crippen molar-refractivity contribution in [3.8, 4) is 5.75 Å². The minimum atomic E-state index is -1.04. The maximum atomic E-state index is 12.3. The van der Waals surface area contributed by atoms with Gasteiger partial charge in [0.2, 0.25) is 5.43 Å². The number of carbonyl (C=O) groups is 2. The van der Waals surface area contributed by atoms with E-state index in [2.05, 4.69) is 0 Å². The third-order valence-electron chi connectivity index (χ3n) is 4.40. The van der Waals surface area contributed by atoms with Crippen molar-refractivity contribution < 1.29 is 23.8 Å². The van der Waals surface area contributed by atoms with E-state index >= 15 is 0 Å². The van der Waals surface area contributed by atoms with Gasteiger partial charge >= 0.3 is 11.9 Å². The van der Waals surface area contributed by atoms with Crippen molar-refractivity contribution in [3.63, 3.8) is 0 Å². The monoisotopic (exact) mass is 370 g/mol. The Morgan fingerprint density at radius 2 is 1.85 bits per heavy atom. The lowest BCUT2D eigenvalue weighted by Crippen LogP contribution is -2.22. The molecular weight excluding hydrogens is 360 g/mol. The van der Waals surface area contributed by atoms with Crippen LogP contribution in [-0.2, 0) is 4.79 Å². The van der Waals surface area contributed by atoms with Crippen LogP contribution in [0.2, 0.25) is 5.02 Å². The van der Waals surface area contributed by atoms with Gasteiger partial charge in [-0.1, -0.05) is 23.7 Å². The number of fused-ring (bicyclic) bond motifs is 3. The second-order valence-corrected chi connectivity index (χ2v) is 6.33. The molecular formula is C19H11ClO6. The summed E-state index contributed by atoms with van der Waals surface area (Å²) in [5.74, 6) is -1.57. The Bertz CT molecular complexity index is 1110. The first kappa shape index (κ1) is 16.4. The van der Waals surface area contributed by atoms with Crippen LogP contribution in [0.15, 0.2) is 51.9 Å². The Kier molecular flexibility index (Phi) is 3.77. The Morgan fingerprint density at radius 3 is 2.54 bits per heavy atom. The highest BCUT2D eigenvalue weighted by molar-refractivity contribution is 6.30. The van der Waals surface area contributed by atoms with Gasteiger partial charge in [-0.05, 0) is 29.8 Å². The molecule has 4 rings (SSSR count). The van der Waals surface area contributed by atoms with Crippen molar-refractivity contribution in [3.05, 3.63) is 74.6 Å². The molecule has 1 aliphatic rings. The number of halogens is 1. The number of esters is 1. The van der Waals surface area contributed by atoms with Gasteiger partial charge in [0.25, 0.3) is 0 Å². The summed E-state index contributed by atoms with van der Waals surface area (Å²) in [6, 6.07) is 9.27. The van der Waals surface area contributed by atoms with Crippen molar-refractivity contribution in [2.75, 3.05) is 0 Å². The molecule has 0 unspecified atom stereocenters. The molecule has 0 fully saturated rings. The molecule has 0 aliphatic carbocycles. The molecule has 1 aromatic heterocycles. The van der Waals surface area contributed by atoms with Gasteiger partial charge in [-0.3, -0.25) is 9.59 Å². The minimum absolute atomic E-state index is 0.0346. The Hall–Kier alpha value is -3.12. The second kappa shape index (κ2) is 6.00. The summed E-state index contributed by atoms with van der Waals surface area (Å²) >= 11 is 5.85. The van der Waals surface area contributed by atoms with Gasteiger partial charge in [-0.15, -0.1) is 0 Å². The van der Waals surface area contributed by atoms with Crippen LogP contribution in [0.1, 0.15) is 33.8 Å². The molecule has 6 nitrogen and oxygen atoms in total. The summed E-state index contributed by atoms with van der Waals surface area (Å²) in [6.45, 7) is 0. The predicted molar refractivity (Wildman–Crippen MR) is 93.0 cm³/mol. The molecule has 7 heteroatoms. The predicted octanol–water partition coefficient (Wildman–Crippen LogP) is 3.59. The smallest absolute Gasteiger partial charge is 0.335 e. The minimum Gasteiger partial charge on any atom is -0.478 e. The number of benzene rings is 2. The molecule has 1 N–H and O–H groups in total. The zero-order valence-electron chi connectivity index (χ0n) is 13.2. The van der Waals surface area contributed by atoms with Crippen LogP contribution in [0.3, 0.4) is 0 Å². The van der Waals surface area contributed by atoms with Gasteiger partial charge in [-0.2, -0.15) is 0 Å². The van der Waals surface area contributed by atoms with E-state index in [1.807, 2.05) is 0 Å². The van der Waals surface area contributed by atoms with E-state index < -0.39 is 17.9 Å². The molecule has 0 saturated carbocycles. The van der Waals surface area contributed by atoms with E-state index in [9.17, 15) is 14.4 Å². The first-order valence-corrected chi connectivity index (χ1v) is 8.11. The van der Waals surface area contributed by atoms with Gasteiger partial charge < -0.3 is 14.3 Å². The summed E-state index contributed by atoms with van der Waals surface area (Å²) < 4.78 is 10.8. The quantitative estimate of drug-likeness (QED) is 0.547. The largest absolute Gasteiger partial charge is 0.478 e. The molecule has 2 aromatic carbocycles. The number of ether oxygens (including phenoxy) is 1. The summed E-state index contributed by atoms with van der Waals surface area (Å²) in [6.07, 6.45) is 1.21. The fourth-order valence-electron chi connectivity index (χ4n) is 3.17. The molecule has 0 spiro atoms. The van der Waals surface area contributed by atoms with Crippen molar-refractivity contribution >= 4 is 34.5 Å². The van der Waals surface area contributed by atoms with Gasteiger partial charge in [-0.25, -0.2) is 4.79 Å². The highest BCUT2D eigenvalue weighted by Gasteiger charge is 2.32. The van der Waals surface area contributed by atoms with Crippen LogP contribution in [0.25, 0.3) is 11.0 Å². The third-order valence-corrected chi connectivity index (χ3v) is 4.66. The fourth-order valence-corrected chi connectivity index (χ4v) is 3.32. The van der Waals surface area contributed by atoms with Gasteiger partial charge in [0.1, 0.15) is 22.6 Å². The Morgan fingerprint density at radius 1 is 1.12 bits per heavy atom. The van der Waals surface area contributed by atoms with Crippen LogP contribution in [-0.4, -0.2) is 17.0 Å². The summed E-state index contributed by atoms with van der Waals surface area (Å²) in [5.41, 5.74) is 1.37. The number of carbonyl (C=O) groups excluding carboxylic acids is 1. The van der Waals surface area contributed by atoms with Crippen LogP contribution < -0.4 is 10.2 Å². The van der Waals surface area contributed by atoms with Gasteiger partial charge in [0, 0.05) is 11.5 Å². The van der Waals surface area contributed by atoms with E-state index in [1.54, 1.807) is 18.2 Å². The molecule has 2 heterocycles. The molecule has 130 valence electrons. The van der Waals surface area contributed by atoms with Gasteiger partial charge in [0.05, 0.1) is 17.4 Å². The normalized spacial score (nSPS) is 16.2. The number of carboxylic acids is 1. The van der Waals surface area contributed by atoms with Crippen LogP contribution in [0, 0.1) is 0 Å². The van der Waals surface area contributed by atoms with E-state index in [-0.39, 0.29) is 22.4 Å². The fraction of sp³-hybridized carbons (Fsp3) is 0.105. The summed E-state index contributed by atoms with van der Waals surface area (Å²) in [5, 5.41) is 9.31. The summed E-state index contributed by atoms with van der Waals surface area (Å²) in [4.78, 5) is 35.3. The first-order valence-electron chi connectivity index (χ1n) is 7.73. The molecule has 0 saturated heterocycles. The molecule has 26 heavy (non-hydrogen) atoms. The van der Waals surface area contributed by atoms with Gasteiger partial charge in [0.15, 0.2) is 0 Å². The maximum Gasteiger partial charge on any atom is 0.335 e. The molecule has 1 atom stereocenters. The number of hydrogen-bond donors (Lipinski definition) is 1. The first-order chi connectivity index (χ1) is 12.5. The van der Waals surface area contributed by atoms with E-state index in [0.717, 1.165) is 11.8 Å². The number of aromatic carboxylic acids is 1. The number of rotatable bonds is 2. The molecule has 1 aliphatic heterocycles. The van der Waals surface area contributed by atoms with Crippen LogP contribution >= 0.6 is 11.6 Å². The summed E-state index contributed by atoms with van der Waals surface area (Å²) in [7, 11) is 0. The number of hydrogen-bond acceptors (Lipinski definition) is 5. The zero-order chi connectivity index (χ0) is 18.4. The average Bonchev–Trinajstić information content (AvgIpc) is 2.63. The maximum absolute atomic E-state index is 12.3. The lowest BCUT2D eigenvalue weighted by Gasteiger charge is -2.25. The standard InChI is InChI=1S/C19H11ClO6/c20-13-8-25-18-11(17(13)22)5-6-14-16(18)12(7-15(21)26-14)9-1-3-10(4-2-9)19(23)24/h1-6,8,12H,7H2,(H,23,24)/t12-/m0/s1. The lowest BCUT2D eigenvalue weighted by atomic mass is 9.85. The van der Waals surface area contributed by atoms with E-state index in [0.29, 0.717) is 22.3 Å². The second-order valence-electron chi connectivity index (χ2n) is 5.92. The molecule has 0 amide bonds. The molecule has 0 bridgehead atoms. The van der Waals surface area contributed by atoms with Crippen molar-refractivity contribution in [1.82, 2.24) is 0 Å². The highest BCUT2D eigenvalue weighted by atomic mass is 35.5. The molecule has 0 radical (unpaired) electrons. The number of carboxylic acid groups (broad SMARTS) is 1. The van der Waals surface area contributed by atoms with E-state index in [1.165, 1.54) is 18.2 Å². The topological polar surface area (TPSA) is 93.8 Å². The Balaban J connectivity index is 1.95. The lowest BCUT2D eigenvalue weighted by molar-refractivity contribution is -0.135. The SMILES string of the molecule is O=C1C[C@@H](c2ccc(C(=O)O)cc2)c2c(ccc3c(=O)c(Cl)coc23)O1. The van der Waals surface area contributed by atoms with E-state index in [4.69, 9.17) is 25.9 Å². The highest BCUT2D eigenvalue weighted by Crippen LogP contribution is 2.42.